The van der Waals surface area contributed by atoms with Crippen LogP contribution in [0, 0.1) is 0 Å². The van der Waals surface area contributed by atoms with Crippen molar-refractivity contribution < 1.29 is 0 Å². The highest BCUT2D eigenvalue weighted by atomic mass is 32.2. The lowest BCUT2D eigenvalue weighted by Gasteiger charge is -2.15. The molecule has 1 aromatic heterocycles. The molecule has 0 aliphatic heterocycles. The first-order chi connectivity index (χ1) is 10.2. The zero-order valence-electron chi connectivity index (χ0n) is 13.2. The van der Waals surface area contributed by atoms with Gasteiger partial charge in [0.25, 0.3) is 0 Å². The molecule has 0 bridgehead atoms. The van der Waals surface area contributed by atoms with Crippen molar-refractivity contribution in [2.75, 3.05) is 29.2 Å². The molecule has 1 heterocycles. The van der Waals surface area contributed by atoms with Crippen molar-refractivity contribution >= 4 is 35.2 Å². The van der Waals surface area contributed by atoms with E-state index in [4.69, 9.17) is 0 Å². The molecule has 0 spiro atoms. The molecule has 118 valence electrons. The van der Waals surface area contributed by atoms with Crippen LogP contribution in [0.2, 0.25) is 0 Å². The third-order valence-corrected chi connectivity index (χ3v) is 5.36. The summed E-state index contributed by atoms with van der Waals surface area (Å²) in [6.07, 6.45) is 6.92. The smallest absolute Gasteiger partial charge is 0.191 e. The lowest BCUT2D eigenvalue weighted by molar-refractivity contribution is 0.747. The van der Waals surface area contributed by atoms with Crippen LogP contribution in [0.15, 0.2) is 11.2 Å². The molecule has 4 nitrogen and oxygen atoms in total. The van der Waals surface area contributed by atoms with Crippen LogP contribution < -0.4 is 10.6 Å². The van der Waals surface area contributed by atoms with Crippen molar-refractivity contribution in [3.8, 4) is 0 Å². The van der Waals surface area contributed by atoms with Crippen LogP contribution in [0.3, 0.4) is 0 Å². The number of nitrogens with one attached hydrogen (secondary N) is 2. The maximum Gasteiger partial charge on any atom is 0.191 e. The second kappa shape index (κ2) is 8.73. The van der Waals surface area contributed by atoms with Crippen molar-refractivity contribution in [2.24, 2.45) is 0 Å². The first-order valence-corrected chi connectivity index (χ1v) is 10.1. The second-order valence-corrected chi connectivity index (χ2v) is 7.63. The van der Waals surface area contributed by atoms with Crippen molar-refractivity contribution in [3.63, 3.8) is 0 Å². The van der Waals surface area contributed by atoms with Crippen LogP contribution in [0.1, 0.15) is 39.5 Å². The largest absolute Gasteiger partial charge is 0.370 e. The Morgan fingerprint density at radius 2 is 2.05 bits per heavy atom. The Labute approximate surface area is 136 Å². The van der Waals surface area contributed by atoms with Gasteiger partial charge in [0.2, 0.25) is 0 Å². The predicted octanol–water partition coefficient (Wildman–Crippen LogP) is 4.11. The average molecular weight is 327 g/mol. The first kappa shape index (κ1) is 16.7. The Bertz CT molecular complexity index is 442. The standard InChI is InChI=1S/C15H26N4S2/c1-4-8-16-13-10-14(19-15(18-13)20-3)17-11-6-7-12(9-11)21-5-2/h10-12H,4-9H2,1-3H3,(H2,16,17,18,19). The normalized spacial score (nSPS) is 21.5. The van der Waals surface area contributed by atoms with E-state index in [-0.39, 0.29) is 0 Å². The molecule has 2 N–H and O–H groups in total. The molecule has 6 heteroatoms. The van der Waals surface area contributed by atoms with E-state index in [0.29, 0.717) is 6.04 Å². The van der Waals surface area contributed by atoms with Gasteiger partial charge in [0.05, 0.1) is 0 Å². The second-order valence-electron chi connectivity index (χ2n) is 5.28. The molecule has 1 aromatic rings. The van der Waals surface area contributed by atoms with E-state index >= 15 is 0 Å². The Morgan fingerprint density at radius 1 is 1.24 bits per heavy atom. The third kappa shape index (κ3) is 5.25. The van der Waals surface area contributed by atoms with Gasteiger partial charge in [-0.15, -0.1) is 0 Å². The maximum absolute atomic E-state index is 4.59. The number of thioether (sulfide) groups is 2. The van der Waals surface area contributed by atoms with E-state index < -0.39 is 0 Å². The van der Waals surface area contributed by atoms with Crippen LogP contribution in [0.5, 0.6) is 0 Å². The molecule has 0 radical (unpaired) electrons. The van der Waals surface area contributed by atoms with Gasteiger partial charge in [-0.25, -0.2) is 9.97 Å². The lowest BCUT2D eigenvalue weighted by Crippen LogP contribution is -2.17. The summed E-state index contributed by atoms with van der Waals surface area (Å²) in [6.45, 7) is 5.35. The zero-order chi connectivity index (χ0) is 15.1. The fourth-order valence-corrected chi connectivity index (χ4v) is 4.12. The summed E-state index contributed by atoms with van der Waals surface area (Å²) in [6, 6.07) is 2.59. The fourth-order valence-electron chi connectivity index (χ4n) is 2.60. The minimum absolute atomic E-state index is 0.553. The van der Waals surface area contributed by atoms with Gasteiger partial charge in [-0.05, 0) is 37.7 Å². The Balaban J connectivity index is 1.98. The van der Waals surface area contributed by atoms with Crippen molar-refractivity contribution in [1.29, 1.82) is 0 Å². The molecule has 0 amide bonds. The van der Waals surface area contributed by atoms with Gasteiger partial charge in [0.15, 0.2) is 5.16 Å². The molecule has 2 atom stereocenters. The molecule has 0 aromatic carbocycles. The van der Waals surface area contributed by atoms with Gasteiger partial charge in [0.1, 0.15) is 11.6 Å². The number of aromatic nitrogens is 2. The number of nitrogens with zero attached hydrogens (tertiary/aromatic N) is 2. The summed E-state index contributed by atoms with van der Waals surface area (Å²) in [7, 11) is 0. The quantitative estimate of drug-likeness (QED) is 0.554. The molecular weight excluding hydrogens is 300 g/mol. The minimum Gasteiger partial charge on any atom is -0.370 e. The Morgan fingerprint density at radius 3 is 2.76 bits per heavy atom. The zero-order valence-corrected chi connectivity index (χ0v) is 14.8. The molecule has 0 saturated heterocycles. The van der Waals surface area contributed by atoms with Crippen LogP contribution in [0.4, 0.5) is 11.6 Å². The number of rotatable bonds is 8. The summed E-state index contributed by atoms with van der Waals surface area (Å²) < 4.78 is 0. The van der Waals surface area contributed by atoms with Gasteiger partial charge in [-0.2, -0.15) is 11.8 Å². The van der Waals surface area contributed by atoms with E-state index in [1.54, 1.807) is 11.8 Å². The molecule has 21 heavy (non-hydrogen) atoms. The van der Waals surface area contributed by atoms with Crippen LogP contribution in [-0.2, 0) is 0 Å². The molecule has 2 rings (SSSR count). The predicted molar refractivity (Wildman–Crippen MR) is 95.8 cm³/mol. The van der Waals surface area contributed by atoms with Crippen LogP contribution in [0.25, 0.3) is 0 Å². The summed E-state index contributed by atoms with van der Waals surface area (Å²) in [5.74, 6) is 3.10. The Hall–Kier alpha value is -0.620. The number of hydrogen-bond donors (Lipinski definition) is 2. The average Bonchev–Trinajstić information content (AvgIpc) is 2.92. The SMILES string of the molecule is CCCNc1cc(NC2CCC(SCC)C2)nc(SC)n1. The van der Waals surface area contributed by atoms with Crippen molar-refractivity contribution in [3.05, 3.63) is 6.07 Å². The summed E-state index contributed by atoms with van der Waals surface area (Å²) in [5, 5.41) is 8.60. The molecule has 1 aliphatic carbocycles. The van der Waals surface area contributed by atoms with Gasteiger partial charge < -0.3 is 10.6 Å². The Kier molecular flexibility index (Phi) is 6.96. The lowest BCUT2D eigenvalue weighted by atomic mass is 10.2. The third-order valence-electron chi connectivity index (χ3n) is 3.58. The van der Waals surface area contributed by atoms with E-state index in [2.05, 4.69) is 46.2 Å². The summed E-state index contributed by atoms with van der Waals surface area (Å²) >= 11 is 3.68. The maximum atomic E-state index is 4.59. The first-order valence-electron chi connectivity index (χ1n) is 7.80. The highest BCUT2D eigenvalue weighted by Gasteiger charge is 2.24. The molecule has 2 unspecified atom stereocenters. The highest BCUT2D eigenvalue weighted by Crippen LogP contribution is 2.31. The van der Waals surface area contributed by atoms with Crippen molar-refractivity contribution in [2.45, 2.75) is 56.0 Å². The van der Waals surface area contributed by atoms with E-state index in [1.807, 2.05) is 12.3 Å². The number of anilines is 2. The molecule has 1 aliphatic rings. The van der Waals surface area contributed by atoms with E-state index in [0.717, 1.165) is 35.0 Å². The van der Waals surface area contributed by atoms with Gasteiger partial charge >= 0.3 is 0 Å². The monoisotopic (exact) mass is 326 g/mol. The van der Waals surface area contributed by atoms with Gasteiger partial charge in [-0.1, -0.05) is 25.6 Å². The number of hydrogen-bond acceptors (Lipinski definition) is 6. The minimum atomic E-state index is 0.553. The molecule has 1 saturated carbocycles. The van der Waals surface area contributed by atoms with E-state index in [9.17, 15) is 0 Å². The van der Waals surface area contributed by atoms with Crippen LogP contribution >= 0.6 is 23.5 Å². The summed E-state index contributed by atoms with van der Waals surface area (Å²) in [4.78, 5) is 9.09. The molecular formula is C15H26N4S2. The van der Waals surface area contributed by atoms with E-state index in [1.165, 1.54) is 25.0 Å². The molecule has 1 fully saturated rings. The summed E-state index contributed by atoms with van der Waals surface area (Å²) in [5.41, 5.74) is 0. The fraction of sp³-hybridized carbons (Fsp3) is 0.733. The topological polar surface area (TPSA) is 49.8 Å². The highest BCUT2D eigenvalue weighted by molar-refractivity contribution is 7.99. The van der Waals surface area contributed by atoms with Gasteiger partial charge in [-0.3, -0.25) is 0 Å². The van der Waals surface area contributed by atoms with Crippen molar-refractivity contribution in [1.82, 2.24) is 9.97 Å². The van der Waals surface area contributed by atoms with Crippen LogP contribution in [-0.4, -0.2) is 39.8 Å². The van der Waals surface area contributed by atoms with Gasteiger partial charge in [0, 0.05) is 23.9 Å².